The Morgan fingerprint density at radius 1 is 1.31 bits per heavy atom. The molecule has 1 saturated heterocycles. The third-order valence-electron chi connectivity index (χ3n) is 4.99. The minimum absolute atomic E-state index is 0.0973. The van der Waals surface area contributed by atoms with E-state index in [-0.39, 0.29) is 18.6 Å². The summed E-state index contributed by atoms with van der Waals surface area (Å²) in [5, 5.41) is 9.66. The van der Waals surface area contributed by atoms with Crippen LogP contribution < -0.4 is 11.2 Å². The molecule has 29 heavy (non-hydrogen) atoms. The minimum Gasteiger partial charge on any atom is -0.444 e. The zero-order valence-electron chi connectivity index (χ0n) is 15.6. The number of amides is 1. The van der Waals surface area contributed by atoms with E-state index in [1.807, 2.05) is 0 Å². The van der Waals surface area contributed by atoms with Crippen LogP contribution in [0.5, 0.6) is 0 Å². The van der Waals surface area contributed by atoms with Gasteiger partial charge < -0.3 is 9.84 Å². The molecule has 3 rings (SSSR count). The summed E-state index contributed by atoms with van der Waals surface area (Å²) >= 11 is 0. The number of carbonyl (C=O) groups excluding carboxylic acids is 1. The number of hydrogen-bond donors (Lipinski definition) is 2. The highest BCUT2D eigenvalue weighted by atomic mass is 19.3. The SMILES string of the molecule is Cc1cn([C@H]2[C@@H](C(F)F)C[C@@H](CO)N2C(=O)OCc2ccccc2)c(=O)[nH]c1=O. The maximum Gasteiger partial charge on any atom is 0.412 e. The second-order valence-electron chi connectivity index (χ2n) is 6.91. The van der Waals surface area contributed by atoms with Crippen LogP contribution in [0.15, 0.2) is 46.1 Å². The number of H-pyrrole nitrogens is 1. The summed E-state index contributed by atoms with van der Waals surface area (Å²) in [5.41, 5.74) is -0.743. The van der Waals surface area contributed by atoms with E-state index in [0.717, 1.165) is 15.7 Å². The standard InChI is InChI=1S/C19H21F2N3O5/c1-11-8-23(18(27)22-16(11)26)17-14(15(20)21)7-13(9-25)24(17)19(28)29-10-12-5-3-2-4-6-12/h2-6,8,13-15,17,25H,7,9-10H2,1H3,(H,22,26,27)/t13-,14+,17+/m0/s1. The Balaban J connectivity index is 1.96. The van der Waals surface area contributed by atoms with Gasteiger partial charge in [-0.3, -0.25) is 19.2 Å². The van der Waals surface area contributed by atoms with Gasteiger partial charge in [-0.05, 0) is 18.9 Å². The Morgan fingerprint density at radius 2 is 2.00 bits per heavy atom. The van der Waals surface area contributed by atoms with Crippen molar-refractivity contribution in [2.75, 3.05) is 6.61 Å². The van der Waals surface area contributed by atoms with Gasteiger partial charge in [0.15, 0.2) is 0 Å². The summed E-state index contributed by atoms with van der Waals surface area (Å²) in [4.78, 5) is 39.7. The molecule has 2 N–H and O–H groups in total. The first-order valence-corrected chi connectivity index (χ1v) is 9.03. The fourth-order valence-corrected chi connectivity index (χ4v) is 3.54. The van der Waals surface area contributed by atoms with Crippen LogP contribution >= 0.6 is 0 Å². The Hall–Kier alpha value is -3.01. The van der Waals surface area contributed by atoms with Gasteiger partial charge in [0.1, 0.15) is 12.8 Å². The Kier molecular flexibility index (Phi) is 6.12. The molecule has 2 aromatic rings. The Morgan fingerprint density at radius 3 is 2.62 bits per heavy atom. The molecule has 0 bridgehead atoms. The number of hydrogen-bond acceptors (Lipinski definition) is 5. The number of benzene rings is 1. The van der Waals surface area contributed by atoms with E-state index < -0.39 is 48.5 Å². The van der Waals surface area contributed by atoms with Crippen LogP contribution in [-0.4, -0.2) is 44.7 Å². The van der Waals surface area contributed by atoms with Gasteiger partial charge in [0.25, 0.3) is 5.56 Å². The van der Waals surface area contributed by atoms with Crippen LogP contribution in [0.3, 0.4) is 0 Å². The van der Waals surface area contributed by atoms with E-state index in [9.17, 15) is 28.3 Å². The van der Waals surface area contributed by atoms with Gasteiger partial charge in [-0.25, -0.2) is 18.4 Å². The topological polar surface area (TPSA) is 105 Å². The van der Waals surface area contributed by atoms with Crippen molar-refractivity contribution < 1.29 is 23.4 Å². The first-order valence-electron chi connectivity index (χ1n) is 9.03. The lowest BCUT2D eigenvalue weighted by atomic mass is 10.0. The van der Waals surface area contributed by atoms with Gasteiger partial charge in [-0.15, -0.1) is 0 Å². The number of alkyl halides is 2. The highest BCUT2D eigenvalue weighted by molar-refractivity contribution is 5.69. The Bertz CT molecular complexity index is 976. The fraction of sp³-hybridized carbons (Fsp3) is 0.421. The van der Waals surface area contributed by atoms with Crippen LogP contribution in [-0.2, 0) is 11.3 Å². The van der Waals surface area contributed by atoms with Crippen molar-refractivity contribution in [2.45, 2.75) is 38.6 Å². The van der Waals surface area contributed by atoms with Gasteiger partial charge in [0.2, 0.25) is 6.43 Å². The lowest BCUT2D eigenvalue weighted by molar-refractivity contribution is 0.0136. The van der Waals surface area contributed by atoms with Crippen LogP contribution in [0.25, 0.3) is 0 Å². The first kappa shape index (κ1) is 20.7. The molecule has 2 heterocycles. The predicted octanol–water partition coefficient (Wildman–Crippen LogP) is 1.63. The number of carbonyl (C=O) groups is 1. The van der Waals surface area contributed by atoms with Crippen molar-refractivity contribution in [2.24, 2.45) is 5.92 Å². The van der Waals surface area contributed by atoms with Gasteiger partial charge in [-0.2, -0.15) is 0 Å². The molecule has 1 aliphatic rings. The number of nitrogens with one attached hydrogen (secondary N) is 1. The first-order chi connectivity index (χ1) is 13.8. The number of aliphatic hydroxyl groups is 1. The second-order valence-corrected chi connectivity index (χ2v) is 6.91. The van der Waals surface area contributed by atoms with Gasteiger partial charge >= 0.3 is 11.8 Å². The molecule has 1 aliphatic heterocycles. The number of likely N-dealkylation sites (tertiary alicyclic amines) is 1. The number of ether oxygens (including phenoxy) is 1. The quantitative estimate of drug-likeness (QED) is 0.781. The van der Waals surface area contributed by atoms with Crippen molar-refractivity contribution in [1.29, 1.82) is 0 Å². The zero-order valence-corrected chi connectivity index (χ0v) is 15.6. The lowest BCUT2D eigenvalue weighted by Gasteiger charge is -2.31. The molecule has 1 aromatic carbocycles. The van der Waals surface area contributed by atoms with Crippen LogP contribution in [0.4, 0.5) is 13.6 Å². The number of nitrogens with zero attached hydrogens (tertiary/aromatic N) is 2. The van der Waals surface area contributed by atoms with Crippen molar-refractivity contribution in [3.8, 4) is 0 Å². The van der Waals surface area contributed by atoms with E-state index in [1.165, 1.54) is 6.92 Å². The summed E-state index contributed by atoms with van der Waals surface area (Å²) in [6.07, 6.45) is -4.28. The van der Waals surface area contributed by atoms with Gasteiger partial charge in [0, 0.05) is 11.8 Å². The summed E-state index contributed by atoms with van der Waals surface area (Å²) in [5.74, 6) is -1.42. The molecular weight excluding hydrogens is 388 g/mol. The molecule has 0 saturated carbocycles. The largest absolute Gasteiger partial charge is 0.444 e. The van der Waals surface area contributed by atoms with E-state index in [0.29, 0.717) is 5.56 Å². The molecule has 10 heteroatoms. The average molecular weight is 409 g/mol. The number of aliphatic hydroxyl groups excluding tert-OH is 1. The lowest BCUT2D eigenvalue weighted by Crippen LogP contribution is -2.46. The minimum atomic E-state index is -2.86. The summed E-state index contributed by atoms with van der Waals surface area (Å²) in [6, 6.07) is 7.82. The van der Waals surface area contributed by atoms with E-state index in [4.69, 9.17) is 4.74 Å². The monoisotopic (exact) mass is 409 g/mol. The smallest absolute Gasteiger partial charge is 0.412 e. The van der Waals surface area contributed by atoms with Crippen molar-refractivity contribution in [3.05, 3.63) is 68.5 Å². The molecule has 0 radical (unpaired) electrons. The normalized spacial score (nSPS) is 21.6. The third-order valence-corrected chi connectivity index (χ3v) is 4.99. The Labute approximate surface area is 164 Å². The van der Waals surface area contributed by atoms with Crippen molar-refractivity contribution in [1.82, 2.24) is 14.5 Å². The van der Waals surface area contributed by atoms with Crippen LogP contribution in [0.1, 0.15) is 23.7 Å². The van der Waals surface area contributed by atoms with Gasteiger partial charge in [-0.1, -0.05) is 30.3 Å². The zero-order chi connectivity index (χ0) is 21.1. The molecule has 0 aliphatic carbocycles. The summed E-state index contributed by atoms with van der Waals surface area (Å²) in [7, 11) is 0. The van der Waals surface area contributed by atoms with E-state index >= 15 is 0 Å². The molecule has 0 spiro atoms. The number of aromatic nitrogens is 2. The number of rotatable bonds is 5. The predicted molar refractivity (Wildman–Crippen MR) is 98.5 cm³/mol. The fourth-order valence-electron chi connectivity index (χ4n) is 3.54. The maximum atomic E-state index is 13.7. The van der Waals surface area contributed by atoms with Crippen molar-refractivity contribution >= 4 is 6.09 Å². The average Bonchev–Trinajstić information content (AvgIpc) is 3.09. The highest BCUT2D eigenvalue weighted by Crippen LogP contribution is 2.40. The van der Waals surface area contributed by atoms with Crippen LogP contribution in [0, 0.1) is 12.8 Å². The molecule has 1 aromatic heterocycles. The maximum absolute atomic E-state index is 13.7. The van der Waals surface area contributed by atoms with Crippen molar-refractivity contribution in [3.63, 3.8) is 0 Å². The van der Waals surface area contributed by atoms with Gasteiger partial charge in [0.05, 0.1) is 18.6 Å². The highest BCUT2D eigenvalue weighted by Gasteiger charge is 2.49. The molecule has 3 atom stereocenters. The molecule has 1 amide bonds. The molecule has 1 fully saturated rings. The third kappa shape index (κ3) is 4.21. The molecule has 0 unspecified atom stereocenters. The molecular formula is C19H21F2N3O5. The summed E-state index contributed by atoms with van der Waals surface area (Å²) in [6.45, 7) is 0.750. The van der Waals surface area contributed by atoms with E-state index in [2.05, 4.69) is 4.98 Å². The molecule has 8 nitrogen and oxygen atoms in total. The van der Waals surface area contributed by atoms with E-state index in [1.54, 1.807) is 30.3 Å². The number of aromatic amines is 1. The molecule has 156 valence electrons. The summed E-state index contributed by atoms with van der Waals surface area (Å²) < 4.78 is 33.6. The van der Waals surface area contributed by atoms with Crippen LogP contribution in [0.2, 0.25) is 0 Å². The second kappa shape index (κ2) is 8.56. The number of aryl methyl sites for hydroxylation is 1. The number of halogens is 2.